The number of nitrogens with zero attached hydrogens (tertiary/aromatic N) is 2. The number of halogens is 3. The predicted molar refractivity (Wildman–Crippen MR) is 175 cm³/mol. The van der Waals surface area contributed by atoms with Gasteiger partial charge in [0.1, 0.15) is 5.82 Å². The van der Waals surface area contributed by atoms with Crippen LogP contribution in [0, 0.1) is 16.6 Å². The van der Waals surface area contributed by atoms with Crippen LogP contribution in [0.5, 0.6) is 0 Å². The van der Waals surface area contributed by atoms with Crippen LogP contribution in [0.4, 0.5) is 10.1 Å². The van der Waals surface area contributed by atoms with Crippen LogP contribution >= 0.6 is 23.2 Å². The first-order valence-electron chi connectivity index (χ1n) is 14.8. The summed E-state index contributed by atoms with van der Waals surface area (Å²) in [5.41, 5.74) is 0.474. The van der Waals surface area contributed by atoms with E-state index >= 15 is 0 Å². The van der Waals surface area contributed by atoms with E-state index in [0.717, 1.165) is 11.1 Å². The Balaban J connectivity index is 1.69. The summed E-state index contributed by atoms with van der Waals surface area (Å²) in [6.45, 7) is 7.44. The molecule has 0 spiro atoms. The molecule has 5 rings (SSSR count). The largest absolute Gasteiger partial charge is 0.481 e. The molecule has 2 heterocycles. The highest BCUT2D eigenvalue weighted by Gasteiger charge is 2.55. The smallest absolute Gasteiger partial charge is 0.304 e. The van der Waals surface area contributed by atoms with Gasteiger partial charge < -0.3 is 10.0 Å². The number of piperidine rings is 1. The molecule has 240 valence electrons. The van der Waals surface area contributed by atoms with Gasteiger partial charge >= 0.3 is 5.97 Å². The number of carbonyl (C=O) groups is 2. The second-order valence-corrected chi connectivity index (χ2v) is 16.3. The van der Waals surface area contributed by atoms with Crippen LogP contribution in [-0.2, 0) is 26.0 Å². The first kappa shape index (κ1) is 33.2. The van der Waals surface area contributed by atoms with Crippen molar-refractivity contribution in [2.24, 2.45) is 10.8 Å². The standard InChI is InChI=1S/C34H37Cl2FN2O5S/c1-33(2,3)29(20-45(43,44)38-15-14-23-17-26(37)12-13-28(23)38)39-31(21-8-10-24(35)11-9-21)27(22-6-5-7-25(36)16-22)18-34(4,32(39)42)19-30(40)41/h5-13,16-17,27,29,31H,14-15,18-20H2,1-4H3,(H,40,41)/t27-,29-,31-,34-/m1/s1. The van der Waals surface area contributed by atoms with Crippen LogP contribution in [0.15, 0.2) is 66.7 Å². The average molecular weight is 676 g/mol. The van der Waals surface area contributed by atoms with Gasteiger partial charge in [-0.1, -0.05) is 75.2 Å². The summed E-state index contributed by atoms with van der Waals surface area (Å²) in [5.74, 6) is -2.83. The lowest BCUT2D eigenvalue weighted by Crippen LogP contribution is -2.61. The van der Waals surface area contributed by atoms with Crippen molar-refractivity contribution in [3.63, 3.8) is 0 Å². The number of hydrogen-bond acceptors (Lipinski definition) is 4. The van der Waals surface area contributed by atoms with Crippen molar-refractivity contribution in [2.75, 3.05) is 16.6 Å². The molecule has 45 heavy (non-hydrogen) atoms. The summed E-state index contributed by atoms with van der Waals surface area (Å²) in [6, 6.07) is 16.9. The van der Waals surface area contributed by atoms with Crippen molar-refractivity contribution in [2.45, 2.75) is 65.0 Å². The third-order valence-corrected chi connectivity index (χ3v) is 11.3. The van der Waals surface area contributed by atoms with Crippen molar-refractivity contribution in [3.05, 3.63) is 99.3 Å². The second-order valence-electron chi connectivity index (χ2n) is 13.5. The number of rotatable bonds is 8. The maximum Gasteiger partial charge on any atom is 0.304 e. The fourth-order valence-corrected chi connectivity index (χ4v) is 9.30. The fraction of sp³-hybridized carbons (Fsp3) is 0.412. The van der Waals surface area contributed by atoms with E-state index in [1.54, 1.807) is 30.0 Å². The molecule has 1 amide bonds. The molecule has 4 atom stereocenters. The Morgan fingerprint density at radius 2 is 1.73 bits per heavy atom. The van der Waals surface area contributed by atoms with E-state index in [9.17, 15) is 27.5 Å². The van der Waals surface area contributed by atoms with Crippen molar-refractivity contribution in [1.82, 2.24) is 4.90 Å². The van der Waals surface area contributed by atoms with Gasteiger partial charge in [0, 0.05) is 22.5 Å². The summed E-state index contributed by atoms with van der Waals surface area (Å²) >= 11 is 12.7. The number of fused-ring (bicyclic) bond motifs is 1. The van der Waals surface area contributed by atoms with E-state index in [0.29, 0.717) is 27.7 Å². The Labute approximate surface area is 274 Å². The number of carbonyl (C=O) groups excluding carboxylic acids is 1. The number of carboxylic acid groups (broad SMARTS) is 1. The zero-order chi connectivity index (χ0) is 32.9. The molecule has 0 unspecified atom stereocenters. The Bertz CT molecular complexity index is 1730. The Morgan fingerprint density at radius 1 is 1.04 bits per heavy atom. The minimum Gasteiger partial charge on any atom is -0.481 e. The normalized spacial score (nSPS) is 22.8. The van der Waals surface area contributed by atoms with Crippen LogP contribution in [0.1, 0.15) is 69.2 Å². The summed E-state index contributed by atoms with van der Waals surface area (Å²) in [7, 11) is -4.04. The molecule has 0 aliphatic carbocycles. The van der Waals surface area contributed by atoms with Crippen molar-refractivity contribution in [1.29, 1.82) is 0 Å². The number of anilines is 1. The number of carboxylic acids is 1. The molecular formula is C34H37Cl2FN2O5S. The highest BCUT2D eigenvalue weighted by molar-refractivity contribution is 7.92. The molecule has 0 bridgehead atoms. The molecule has 11 heteroatoms. The van der Waals surface area contributed by atoms with Gasteiger partial charge in [-0.25, -0.2) is 12.8 Å². The molecule has 2 aliphatic heterocycles. The quantitative estimate of drug-likeness (QED) is 0.267. The maximum absolute atomic E-state index is 14.8. The highest BCUT2D eigenvalue weighted by Crippen LogP contribution is 2.53. The van der Waals surface area contributed by atoms with Crippen LogP contribution in [0.2, 0.25) is 10.0 Å². The number of amides is 1. The first-order chi connectivity index (χ1) is 21.0. The topological polar surface area (TPSA) is 95.0 Å². The summed E-state index contributed by atoms with van der Waals surface area (Å²) in [4.78, 5) is 28.6. The lowest BCUT2D eigenvalue weighted by molar-refractivity contribution is -0.162. The third-order valence-electron chi connectivity index (χ3n) is 9.07. The lowest BCUT2D eigenvalue weighted by atomic mass is 9.66. The van der Waals surface area contributed by atoms with Crippen LogP contribution in [0.25, 0.3) is 0 Å². The van der Waals surface area contributed by atoms with Crippen molar-refractivity contribution < 1.29 is 27.5 Å². The zero-order valence-electron chi connectivity index (χ0n) is 25.6. The molecule has 3 aromatic rings. The number of sulfonamides is 1. The molecule has 0 radical (unpaired) electrons. The molecular weight excluding hydrogens is 638 g/mol. The monoisotopic (exact) mass is 674 g/mol. The Hall–Kier alpha value is -3.14. The van der Waals surface area contributed by atoms with Crippen molar-refractivity contribution in [3.8, 4) is 0 Å². The fourth-order valence-electron chi connectivity index (χ4n) is 6.89. The molecule has 0 saturated carbocycles. The van der Waals surface area contributed by atoms with Crippen LogP contribution < -0.4 is 4.31 Å². The molecule has 0 aromatic heterocycles. The van der Waals surface area contributed by atoms with E-state index in [-0.39, 0.29) is 13.0 Å². The first-order valence-corrected chi connectivity index (χ1v) is 17.2. The van der Waals surface area contributed by atoms with Gasteiger partial charge in [0.25, 0.3) is 0 Å². The number of likely N-dealkylation sites (tertiary alicyclic amines) is 1. The van der Waals surface area contributed by atoms with Gasteiger partial charge in [0.2, 0.25) is 15.9 Å². The van der Waals surface area contributed by atoms with E-state index in [1.807, 2.05) is 51.1 Å². The minimum absolute atomic E-state index is 0.161. The average Bonchev–Trinajstić information content (AvgIpc) is 3.37. The van der Waals surface area contributed by atoms with Gasteiger partial charge in [0.05, 0.1) is 35.4 Å². The summed E-state index contributed by atoms with van der Waals surface area (Å²) in [5, 5.41) is 10.9. The zero-order valence-corrected chi connectivity index (χ0v) is 28.0. The Kier molecular flexibility index (Phi) is 9.03. The second kappa shape index (κ2) is 12.2. The third kappa shape index (κ3) is 6.71. The van der Waals surface area contributed by atoms with Gasteiger partial charge in [-0.2, -0.15) is 0 Å². The SMILES string of the molecule is CC(C)(C)[C@@H](CS(=O)(=O)N1CCc2cc(F)ccc21)N1C(=O)[C@@](C)(CC(=O)O)C[C@H](c2cccc(Cl)c2)[C@H]1c1ccc(Cl)cc1. The minimum atomic E-state index is -4.04. The van der Waals surface area contributed by atoms with Crippen molar-refractivity contribution >= 4 is 50.8 Å². The summed E-state index contributed by atoms with van der Waals surface area (Å²) in [6.07, 6.45) is 0.147. The molecule has 1 fully saturated rings. The maximum atomic E-state index is 14.8. The molecule has 7 nitrogen and oxygen atoms in total. The van der Waals surface area contributed by atoms with Crippen LogP contribution in [0.3, 0.4) is 0 Å². The van der Waals surface area contributed by atoms with E-state index in [1.165, 1.54) is 22.5 Å². The molecule has 3 aromatic carbocycles. The van der Waals surface area contributed by atoms with E-state index in [4.69, 9.17) is 23.2 Å². The highest BCUT2D eigenvalue weighted by atomic mass is 35.5. The lowest BCUT2D eigenvalue weighted by Gasteiger charge is -2.54. The number of hydrogen-bond donors (Lipinski definition) is 1. The molecule has 1 N–H and O–H groups in total. The van der Waals surface area contributed by atoms with Crippen LogP contribution in [-0.4, -0.2) is 48.6 Å². The summed E-state index contributed by atoms with van der Waals surface area (Å²) < 4.78 is 43.8. The predicted octanol–water partition coefficient (Wildman–Crippen LogP) is 7.48. The van der Waals surface area contributed by atoms with E-state index in [2.05, 4.69) is 0 Å². The Morgan fingerprint density at radius 3 is 2.36 bits per heavy atom. The molecule has 2 aliphatic rings. The van der Waals surface area contributed by atoms with E-state index < -0.39 is 68.7 Å². The van der Waals surface area contributed by atoms with Gasteiger partial charge in [0.15, 0.2) is 0 Å². The van der Waals surface area contributed by atoms with Gasteiger partial charge in [-0.15, -0.1) is 0 Å². The van der Waals surface area contributed by atoms with Gasteiger partial charge in [-0.3, -0.25) is 13.9 Å². The number of benzene rings is 3. The number of aliphatic carboxylic acids is 1. The molecule has 1 saturated heterocycles. The van der Waals surface area contributed by atoms with Gasteiger partial charge in [-0.05, 0) is 77.4 Å².